The number of benzene rings is 1. The number of piperidine rings is 1. The number of rotatable bonds is 5. The van der Waals surface area contributed by atoms with E-state index < -0.39 is 11.9 Å². The van der Waals surface area contributed by atoms with Gasteiger partial charge in [-0.2, -0.15) is 0 Å². The van der Waals surface area contributed by atoms with Crippen LogP contribution in [0.2, 0.25) is 0 Å². The van der Waals surface area contributed by atoms with Gasteiger partial charge >= 0.3 is 5.97 Å². The normalized spacial score (nSPS) is 17.3. The van der Waals surface area contributed by atoms with Crippen LogP contribution in [-0.2, 0) is 11.4 Å². The van der Waals surface area contributed by atoms with Gasteiger partial charge in [-0.25, -0.2) is 4.98 Å². The van der Waals surface area contributed by atoms with E-state index in [1.807, 2.05) is 18.4 Å². The predicted octanol–water partition coefficient (Wildman–Crippen LogP) is 2.97. The van der Waals surface area contributed by atoms with Crippen LogP contribution in [0, 0.1) is 12.8 Å². The maximum atomic E-state index is 12.8. The van der Waals surface area contributed by atoms with Crippen LogP contribution >= 0.6 is 11.3 Å². The first-order valence-electron chi connectivity index (χ1n) is 8.19. The maximum absolute atomic E-state index is 12.8. The molecule has 0 spiro atoms. The number of carbonyl (C=O) groups is 2. The molecule has 1 saturated heterocycles. The number of hydrogen-bond donors (Lipinski definition) is 1. The van der Waals surface area contributed by atoms with Gasteiger partial charge in [0.15, 0.2) is 0 Å². The zero-order valence-electron chi connectivity index (χ0n) is 14.0. The summed E-state index contributed by atoms with van der Waals surface area (Å²) in [5, 5.41) is 12.1. The summed E-state index contributed by atoms with van der Waals surface area (Å²) in [6.07, 6.45) is 1.31. The molecule has 0 bridgehead atoms. The third-order valence-electron chi connectivity index (χ3n) is 4.22. The fraction of sp³-hybridized carbons (Fsp3) is 0.389. The summed E-state index contributed by atoms with van der Waals surface area (Å²) in [4.78, 5) is 30.0. The highest BCUT2D eigenvalue weighted by molar-refractivity contribution is 7.09. The molecule has 0 saturated carbocycles. The smallest absolute Gasteiger partial charge is 0.308 e. The Bertz CT molecular complexity index is 774. The lowest BCUT2D eigenvalue weighted by atomic mass is 9.97. The largest absolute Gasteiger partial charge is 0.486 e. The highest BCUT2D eigenvalue weighted by Gasteiger charge is 2.29. The molecular weight excluding hydrogens is 340 g/mol. The second kappa shape index (κ2) is 7.65. The van der Waals surface area contributed by atoms with Gasteiger partial charge in [-0.1, -0.05) is 12.1 Å². The van der Waals surface area contributed by atoms with Crippen molar-refractivity contribution in [2.45, 2.75) is 26.4 Å². The van der Waals surface area contributed by atoms with Crippen molar-refractivity contribution in [2.75, 3.05) is 13.1 Å². The van der Waals surface area contributed by atoms with Crippen LogP contribution in [0.1, 0.15) is 33.9 Å². The van der Waals surface area contributed by atoms with Crippen molar-refractivity contribution >= 4 is 23.2 Å². The number of aliphatic carboxylic acids is 1. The number of carboxylic acids is 1. The van der Waals surface area contributed by atoms with Crippen molar-refractivity contribution in [1.82, 2.24) is 9.88 Å². The van der Waals surface area contributed by atoms with Crippen molar-refractivity contribution in [3.8, 4) is 5.75 Å². The Morgan fingerprint density at radius 3 is 2.92 bits per heavy atom. The molecular formula is C18H20N2O4S. The van der Waals surface area contributed by atoms with Crippen LogP contribution in [0.15, 0.2) is 29.6 Å². The number of hydrogen-bond acceptors (Lipinski definition) is 5. The van der Waals surface area contributed by atoms with Crippen molar-refractivity contribution in [3.05, 3.63) is 45.9 Å². The highest BCUT2D eigenvalue weighted by atomic mass is 32.1. The molecule has 1 amide bonds. The van der Waals surface area contributed by atoms with Crippen molar-refractivity contribution in [2.24, 2.45) is 5.92 Å². The SMILES string of the molecule is Cc1nc(COc2ccccc2C(=O)N2CCCC(C(=O)O)C2)cs1. The Balaban J connectivity index is 1.73. The summed E-state index contributed by atoms with van der Waals surface area (Å²) >= 11 is 1.55. The Labute approximate surface area is 150 Å². The quantitative estimate of drug-likeness (QED) is 0.887. The summed E-state index contributed by atoms with van der Waals surface area (Å²) in [6, 6.07) is 7.07. The second-order valence-corrected chi connectivity index (χ2v) is 7.13. The number of likely N-dealkylation sites (tertiary alicyclic amines) is 1. The van der Waals surface area contributed by atoms with E-state index >= 15 is 0 Å². The average Bonchev–Trinajstić information content (AvgIpc) is 3.05. The molecule has 0 aliphatic carbocycles. The number of aromatic nitrogens is 1. The van der Waals surface area contributed by atoms with E-state index in [2.05, 4.69) is 4.98 Å². The average molecular weight is 360 g/mol. The number of ether oxygens (including phenoxy) is 1. The van der Waals surface area contributed by atoms with E-state index in [1.165, 1.54) is 0 Å². The standard InChI is InChI=1S/C18H20N2O4S/c1-12-19-14(11-25-12)10-24-16-7-3-2-6-15(16)17(21)20-8-4-5-13(9-20)18(22)23/h2-3,6-7,11,13H,4-5,8-10H2,1H3,(H,22,23). The van der Waals surface area contributed by atoms with Gasteiger partial charge in [0.2, 0.25) is 0 Å². The molecule has 1 atom stereocenters. The number of para-hydroxylation sites is 1. The van der Waals surface area contributed by atoms with Gasteiger partial charge in [0.05, 0.1) is 22.2 Å². The van der Waals surface area contributed by atoms with Gasteiger partial charge in [0, 0.05) is 18.5 Å². The zero-order valence-corrected chi connectivity index (χ0v) is 14.8. The number of aryl methyl sites for hydroxylation is 1. The predicted molar refractivity (Wildman–Crippen MR) is 93.9 cm³/mol. The molecule has 132 valence electrons. The summed E-state index contributed by atoms with van der Waals surface area (Å²) in [5.41, 5.74) is 1.29. The van der Waals surface area contributed by atoms with Crippen LogP contribution in [0.3, 0.4) is 0 Å². The molecule has 7 heteroatoms. The minimum Gasteiger partial charge on any atom is -0.486 e. The lowest BCUT2D eigenvalue weighted by Gasteiger charge is -2.31. The molecule has 1 aromatic carbocycles. The van der Waals surface area contributed by atoms with E-state index in [4.69, 9.17) is 4.74 Å². The lowest BCUT2D eigenvalue weighted by Crippen LogP contribution is -2.42. The molecule has 3 rings (SSSR count). The summed E-state index contributed by atoms with van der Waals surface area (Å²) in [5.74, 6) is -1.03. The van der Waals surface area contributed by atoms with E-state index in [9.17, 15) is 14.7 Å². The second-order valence-electron chi connectivity index (χ2n) is 6.07. The van der Waals surface area contributed by atoms with Crippen LogP contribution in [0.5, 0.6) is 5.75 Å². The third kappa shape index (κ3) is 4.17. The summed E-state index contributed by atoms with van der Waals surface area (Å²) in [6.45, 7) is 3.04. The van der Waals surface area contributed by atoms with Gasteiger partial charge in [-0.05, 0) is 31.9 Å². The molecule has 1 aromatic heterocycles. The Hall–Kier alpha value is -2.41. The first kappa shape index (κ1) is 17.4. The minimum absolute atomic E-state index is 0.184. The minimum atomic E-state index is -0.846. The number of thiazole rings is 1. The van der Waals surface area contributed by atoms with Crippen molar-refractivity contribution in [1.29, 1.82) is 0 Å². The molecule has 0 radical (unpaired) electrons. The Morgan fingerprint density at radius 2 is 2.20 bits per heavy atom. The number of nitrogens with zero attached hydrogens (tertiary/aromatic N) is 2. The van der Waals surface area contributed by atoms with Crippen LogP contribution < -0.4 is 4.74 Å². The van der Waals surface area contributed by atoms with Gasteiger partial charge < -0.3 is 14.7 Å². The maximum Gasteiger partial charge on any atom is 0.308 e. The van der Waals surface area contributed by atoms with Crippen LogP contribution in [0.25, 0.3) is 0 Å². The van der Waals surface area contributed by atoms with Gasteiger partial charge in [-0.15, -0.1) is 11.3 Å². The number of carboxylic acid groups (broad SMARTS) is 1. The first-order chi connectivity index (χ1) is 12.0. The van der Waals surface area contributed by atoms with Crippen molar-refractivity contribution in [3.63, 3.8) is 0 Å². The molecule has 25 heavy (non-hydrogen) atoms. The molecule has 1 aliphatic heterocycles. The van der Waals surface area contributed by atoms with Gasteiger partial charge in [0.1, 0.15) is 12.4 Å². The monoisotopic (exact) mass is 360 g/mol. The van der Waals surface area contributed by atoms with Gasteiger partial charge in [-0.3, -0.25) is 9.59 Å². The third-order valence-corrected chi connectivity index (χ3v) is 5.04. The lowest BCUT2D eigenvalue weighted by molar-refractivity contribution is -0.143. The van der Waals surface area contributed by atoms with E-state index in [1.54, 1.807) is 34.4 Å². The van der Waals surface area contributed by atoms with Crippen LogP contribution in [0.4, 0.5) is 0 Å². The molecule has 2 aromatic rings. The van der Waals surface area contributed by atoms with E-state index in [-0.39, 0.29) is 12.5 Å². The molecule has 1 unspecified atom stereocenters. The van der Waals surface area contributed by atoms with E-state index in [0.717, 1.165) is 10.7 Å². The molecule has 1 aliphatic rings. The molecule has 1 N–H and O–H groups in total. The Morgan fingerprint density at radius 1 is 1.40 bits per heavy atom. The molecule has 1 fully saturated rings. The van der Waals surface area contributed by atoms with Gasteiger partial charge in [0.25, 0.3) is 5.91 Å². The Kier molecular flexibility index (Phi) is 5.33. The van der Waals surface area contributed by atoms with Crippen molar-refractivity contribution < 1.29 is 19.4 Å². The van der Waals surface area contributed by atoms with Crippen LogP contribution in [-0.4, -0.2) is 40.0 Å². The number of carbonyl (C=O) groups excluding carboxylic acids is 1. The van der Waals surface area contributed by atoms with E-state index in [0.29, 0.717) is 37.3 Å². The summed E-state index contributed by atoms with van der Waals surface area (Å²) in [7, 11) is 0. The first-order valence-corrected chi connectivity index (χ1v) is 9.07. The highest BCUT2D eigenvalue weighted by Crippen LogP contribution is 2.24. The fourth-order valence-corrected chi connectivity index (χ4v) is 3.53. The topological polar surface area (TPSA) is 79.7 Å². The fourth-order valence-electron chi connectivity index (χ4n) is 2.93. The summed E-state index contributed by atoms with van der Waals surface area (Å²) < 4.78 is 5.80. The zero-order chi connectivity index (χ0) is 17.8. The molecule has 6 nitrogen and oxygen atoms in total. The number of amides is 1. The molecule has 2 heterocycles.